The molecule has 0 spiro atoms. The molecule has 4 aromatic rings. The molecule has 0 aliphatic carbocycles. The lowest BCUT2D eigenvalue weighted by molar-refractivity contribution is -0.139. The number of nitrogens with zero attached hydrogens (tertiary/aromatic N) is 2. The fourth-order valence-electron chi connectivity index (χ4n) is 4.88. The van der Waals surface area contributed by atoms with Gasteiger partial charge in [-0.15, -0.1) is 0 Å². The van der Waals surface area contributed by atoms with E-state index < -0.39 is 27.6 Å². The Morgan fingerprint density at radius 2 is 1.67 bits per heavy atom. The molecule has 0 unspecified atom stereocenters. The lowest BCUT2D eigenvalue weighted by Crippen LogP contribution is -2.43. The third kappa shape index (κ3) is 6.58. The van der Waals surface area contributed by atoms with E-state index in [1.807, 2.05) is 52.0 Å². The number of fused-ring (bicyclic) bond motifs is 1. The smallest absolute Gasteiger partial charge is 0.322 e. The van der Waals surface area contributed by atoms with E-state index in [9.17, 15) is 23.1 Å². The monoisotopic (exact) mass is 589 g/mol. The summed E-state index contributed by atoms with van der Waals surface area (Å²) in [6.45, 7) is 11.6. The van der Waals surface area contributed by atoms with Crippen molar-refractivity contribution in [3.8, 4) is 0 Å². The summed E-state index contributed by atoms with van der Waals surface area (Å²) in [7, 11) is -4.20. The van der Waals surface area contributed by atoms with Crippen molar-refractivity contribution in [1.82, 2.24) is 19.7 Å². The Kier molecular flexibility index (Phi) is 8.93. The molecular formula is C31H35N5O5S. The van der Waals surface area contributed by atoms with Gasteiger partial charge in [-0.2, -0.15) is 4.72 Å². The van der Waals surface area contributed by atoms with Crippen molar-refractivity contribution in [2.24, 2.45) is 0 Å². The Morgan fingerprint density at radius 3 is 2.31 bits per heavy atom. The zero-order valence-corrected chi connectivity index (χ0v) is 25.3. The third-order valence-corrected chi connectivity index (χ3v) is 9.34. The number of rotatable bonds is 10. The highest BCUT2D eigenvalue weighted by Crippen LogP contribution is 2.29. The number of benzene rings is 2. The minimum atomic E-state index is -4.20. The lowest BCUT2D eigenvalue weighted by atomic mass is 9.95. The number of carboxylic acid groups (broad SMARTS) is 1. The first-order valence-electron chi connectivity index (χ1n) is 13.5. The Bertz CT molecular complexity index is 1850. The summed E-state index contributed by atoms with van der Waals surface area (Å²) in [5.41, 5.74) is 5.60. The summed E-state index contributed by atoms with van der Waals surface area (Å²) < 4.78 is 29.2. The molecule has 1 atom stereocenters. The summed E-state index contributed by atoms with van der Waals surface area (Å²) in [5, 5.41) is 13.4. The van der Waals surface area contributed by atoms with Crippen LogP contribution in [0.25, 0.3) is 17.0 Å². The maximum absolute atomic E-state index is 13.4. The number of aromatic nitrogens is 3. The Labute approximate surface area is 245 Å². The minimum absolute atomic E-state index is 0.0606. The van der Waals surface area contributed by atoms with Gasteiger partial charge in [0, 0.05) is 19.2 Å². The van der Waals surface area contributed by atoms with Gasteiger partial charge in [-0.1, -0.05) is 18.2 Å². The van der Waals surface area contributed by atoms with Crippen LogP contribution in [0.1, 0.15) is 44.8 Å². The van der Waals surface area contributed by atoms with Crippen molar-refractivity contribution in [2.75, 3.05) is 11.9 Å². The maximum atomic E-state index is 13.4. The summed E-state index contributed by atoms with van der Waals surface area (Å²) in [6, 6.07) is 7.48. The molecule has 2 aromatic carbocycles. The maximum Gasteiger partial charge on any atom is 0.322 e. The van der Waals surface area contributed by atoms with Crippen LogP contribution < -0.4 is 15.6 Å². The topological polar surface area (TPSA) is 154 Å². The lowest BCUT2D eigenvalue weighted by Gasteiger charge is -2.21. The van der Waals surface area contributed by atoms with E-state index in [0.29, 0.717) is 28.6 Å². The molecule has 0 aliphatic heterocycles. The van der Waals surface area contributed by atoms with Crippen LogP contribution >= 0.6 is 0 Å². The van der Waals surface area contributed by atoms with Crippen LogP contribution in [0.4, 0.5) is 5.82 Å². The van der Waals surface area contributed by atoms with Gasteiger partial charge in [0.2, 0.25) is 10.0 Å². The van der Waals surface area contributed by atoms with Gasteiger partial charge < -0.3 is 15.4 Å². The van der Waals surface area contributed by atoms with E-state index in [4.69, 9.17) is 0 Å². The number of H-pyrrole nitrogens is 1. The summed E-state index contributed by atoms with van der Waals surface area (Å²) in [6.07, 6.45) is 5.16. The second kappa shape index (κ2) is 12.3. The third-order valence-electron chi connectivity index (χ3n) is 7.60. The van der Waals surface area contributed by atoms with Crippen LogP contribution in [0.2, 0.25) is 0 Å². The van der Waals surface area contributed by atoms with Gasteiger partial charge in [-0.3, -0.25) is 9.59 Å². The molecule has 2 heterocycles. The Hall–Kier alpha value is -4.35. The molecule has 220 valence electrons. The normalized spacial score (nSPS) is 12.6. The molecule has 42 heavy (non-hydrogen) atoms. The van der Waals surface area contributed by atoms with Crippen molar-refractivity contribution in [3.05, 3.63) is 97.7 Å². The molecule has 11 heteroatoms. The van der Waals surface area contributed by atoms with Gasteiger partial charge in [0.1, 0.15) is 17.7 Å². The molecule has 0 bridgehead atoms. The number of sulfonamides is 1. The quantitative estimate of drug-likeness (QED) is 0.214. The van der Waals surface area contributed by atoms with Gasteiger partial charge in [0.05, 0.1) is 15.8 Å². The second-order valence-corrected chi connectivity index (χ2v) is 12.1. The summed E-state index contributed by atoms with van der Waals surface area (Å²) in [4.78, 5) is 36.4. The molecule has 0 saturated heterocycles. The van der Waals surface area contributed by atoms with Crippen LogP contribution in [0.3, 0.4) is 0 Å². The molecule has 4 rings (SSSR count). The minimum Gasteiger partial charge on any atom is -0.480 e. The van der Waals surface area contributed by atoms with Crippen LogP contribution in [0, 0.1) is 41.5 Å². The fraction of sp³-hybridized carbons (Fsp3) is 0.290. The molecular weight excluding hydrogens is 554 g/mol. The SMILES string of the molecule is Cc1ccnc(NC/C=C/c2ccc3nc(C[C@H](NS(=O)(=O)c4c(C)c(C)c(C)c(C)c4C)C(=O)O)[nH]c(=O)c3c2)c1. The van der Waals surface area contributed by atoms with E-state index in [1.54, 1.807) is 38.2 Å². The zero-order valence-electron chi connectivity index (χ0n) is 24.5. The predicted octanol–water partition coefficient (Wildman–Crippen LogP) is 4.27. The van der Waals surface area contributed by atoms with Crippen molar-refractivity contribution >= 4 is 38.8 Å². The number of nitrogens with one attached hydrogen (secondary N) is 3. The van der Waals surface area contributed by atoms with Gasteiger partial charge >= 0.3 is 5.97 Å². The first-order chi connectivity index (χ1) is 19.8. The van der Waals surface area contributed by atoms with Gasteiger partial charge in [0.25, 0.3) is 5.56 Å². The van der Waals surface area contributed by atoms with E-state index in [0.717, 1.165) is 33.6 Å². The standard InChI is InChI=1S/C31H35N5O5S/c1-17-11-13-33-27(14-17)32-12-7-8-23-9-10-25-24(15-23)30(37)35-28(34-25)16-26(31(38)39)36-42(40,41)29-21(5)19(3)18(2)20(4)22(29)6/h7-11,13-15,26,36H,12,16H2,1-6H3,(H,32,33)(H,38,39)(H,34,35,37)/b8-7+/t26-/m0/s1. The van der Waals surface area contributed by atoms with Crippen molar-refractivity contribution in [2.45, 2.75) is 58.9 Å². The predicted molar refractivity (Wildman–Crippen MR) is 164 cm³/mol. The zero-order chi connectivity index (χ0) is 30.8. The van der Waals surface area contributed by atoms with Crippen molar-refractivity contribution < 1.29 is 18.3 Å². The van der Waals surface area contributed by atoms with E-state index >= 15 is 0 Å². The average Bonchev–Trinajstić information content (AvgIpc) is 2.93. The molecule has 2 aromatic heterocycles. The van der Waals surface area contributed by atoms with Crippen LogP contribution in [0.15, 0.2) is 52.3 Å². The number of anilines is 1. The molecule has 0 amide bonds. The number of pyridine rings is 1. The molecule has 0 fully saturated rings. The number of hydrogen-bond acceptors (Lipinski definition) is 7. The van der Waals surface area contributed by atoms with E-state index in [1.165, 1.54) is 0 Å². The molecule has 10 nitrogen and oxygen atoms in total. The number of carboxylic acids is 1. The van der Waals surface area contributed by atoms with Crippen molar-refractivity contribution in [1.29, 1.82) is 0 Å². The largest absolute Gasteiger partial charge is 0.480 e. The summed E-state index contributed by atoms with van der Waals surface area (Å²) >= 11 is 0. The first kappa shape index (κ1) is 30.6. The fourth-order valence-corrected chi connectivity index (χ4v) is 6.67. The Balaban J connectivity index is 1.54. The van der Waals surface area contributed by atoms with E-state index in [2.05, 4.69) is 25.0 Å². The molecule has 4 N–H and O–H groups in total. The van der Waals surface area contributed by atoms with Gasteiger partial charge in [0.15, 0.2) is 0 Å². The second-order valence-electron chi connectivity index (χ2n) is 10.5. The highest BCUT2D eigenvalue weighted by Gasteiger charge is 2.30. The van der Waals surface area contributed by atoms with E-state index in [-0.39, 0.29) is 17.1 Å². The van der Waals surface area contributed by atoms with Crippen LogP contribution in [0.5, 0.6) is 0 Å². The first-order valence-corrected chi connectivity index (χ1v) is 14.9. The van der Waals surface area contributed by atoms with Gasteiger partial charge in [-0.25, -0.2) is 18.4 Å². The number of aromatic amines is 1. The number of aryl methyl sites for hydroxylation is 1. The van der Waals surface area contributed by atoms with Crippen LogP contribution in [-0.4, -0.2) is 47.0 Å². The number of carbonyl (C=O) groups is 1. The Morgan fingerprint density at radius 1 is 1.00 bits per heavy atom. The molecule has 0 radical (unpaired) electrons. The molecule has 0 saturated carbocycles. The number of hydrogen-bond donors (Lipinski definition) is 4. The highest BCUT2D eigenvalue weighted by atomic mass is 32.2. The van der Waals surface area contributed by atoms with Crippen molar-refractivity contribution in [3.63, 3.8) is 0 Å². The number of aliphatic carboxylic acids is 1. The highest BCUT2D eigenvalue weighted by molar-refractivity contribution is 7.89. The summed E-state index contributed by atoms with van der Waals surface area (Å²) in [5.74, 6) is -0.555. The molecule has 0 aliphatic rings. The van der Waals surface area contributed by atoms with Gasteiger partial charge in [-0.05, 0) is 105 Å². The average molecular weight is 590 g/mol. The van der Waals surface area contributed by atoms with Crippen LogP contribution in [-0.2, 0) is 21.2 Å².